The van der Waals surface area contributed by atoms with Crippen molar-refractivity contribution >= 4 is 30.7 Å². The number of halogens is 2. The maximum atomic E-state index is 12.3. The summed E-state index contributed by atoms with van der Waals surface area (Å²) in [7, 11) is 3.93. The zero-order valence-electron chi connectivity index (χ0n) is 13.9. The number of aromatic nitrogens is 2. The van der Waals surface area contributed by atoms with E-state index in [-0.39, 0.29) is 30.7 Å². The first-order chi connectivity index (χ1) is 9.52. The van der Waals surface area contributed by atoms with Crippen molar-refractivity contribution in [3.05, 3.63) is 17.0 Å². The predicted molar refractivity (Wildman–Crippen MR) is 94.2 cm³/mol. The molecule has 1 aromatic rings. The number of aryl methyl sites for hydroxylation is 2. The highest BCUT2D eigenvalue weighted by Crippen LogP contribution is 2.16. The zero-order chi connectivity index (χ0) is 14.7. The molecule has 0 radical (unpaired) electrons. The van der Waals surface area contributed by atoms with Crippen LogP contribution in [0.2, 0.25) is 0 Å². The number of amides is 1. The maximum Gasteiger partial charge on any atom is 0.222 e. The van der Waals surface area contributed by atoms with Gasteiger partial charge in [0, 0.05) is 38.3 Å². The molecule has 2 rings (SSSR count). The van der Waals surface area contributed by atoms with E-state index in [1.807, 2.05) is 30.6 Å². The van der Waals surface area contributed by atoms with Crippen molar-refractivity contribution in [2.75, 3.05) is 20.1 Å². The third-order valence-corrected chi connectivity index (χ3v) is 4.43. The number of carbonyl (C=O) groups is 1. The van der Waals surface area contributed by atoms with Crippen LogP contribution in [0.1, 0.15) is 36.2 Å². The van der Waals surface area contributed by atoms with Gasteiger partial charge in [0.15, 0.2) is 0 Å². The molecule has 0 aromatic carbocycles. The summed E-state index contributed by atoms with van der Waals surface area (Å²) in [6.07, 6.45) is 3.65. The van der Waals surface area contributed by atoms with E-state index in [4.69, 9.17) is 0 Å². The highest BCUT2D eigenvalue weighted by atomic mass is 35.5. The molecule has 0 saturated carbocycles. The van der Waals surface area contributed by atoms with Crippen LogP contribution in [0.4, 0.5) is 0 Å². The summed E-state index contributed by atoms with van der Waals surface area (Å²) >= 11 is 0. The Morgan fingerprint density at radius 2 is 2.05 bits per heavy atom. The number of nitrogens with one attached hydrogen (secondary N) is 1. The van der Waals surface area contributed by atoms with Crippen molar-refractivity contribution in [2.24, 2.45) is 7.05 Å². The Morgan fingerprint density at radius 3 is 2.59 bits per heavy atom. The van der Waals surface area contributed by atoms with Gasteiger partial charge in [-0.1, -0.05) is 0 Å². The number of likely N-dealkylation sites (tertiary alicyclic amines) is 1. The van der Waals surface area contributed by atoms with E-state index >= 15 is 0 Å². The van der Waals surface area contributed by atoms with E-state index in [1.165, 1.54) is 17.7 Å². The second-order valence-corrected chi connectivity index (χ2v) is 5.74. The summed E-state index contributed by atoms with van der Waals surface area (Å²) in [6.45, 7) is 5.84. The monoisotopic (exact) mass is 350 g/mol. The van der Waals surface area contributed by atoms with Crippen LogP contribution in [0.25, 0.3) is 0 Å². The maximum absolute atomic E-state index is 12.3. The molecule has 1 saturated heterocycles. The third-order valence-electron chi connectivity index (χ3n) is 4.43. The summed E-state index contributed by atoms with van der Waals surface area (Å²) in [5.74, 6) is 0.271. The fraction of sp³-hybridized carbons (Fsp3) is 0.733. The first kappa shape index (κ1) is 21.2. The number of hydrogen-bond acceptors (Lipinski definition) is 3. The van der Waals surface area contributed by atoms with Crippen LogP contribution in [0.15, 0.2) is 0 Å². The summed E-state index contributed by atoms with van der Waals surface area (Å²) in [6, 6.07) is 0.453. The molecule has 5 nitrogen and oxygen atoms in total. The quantitative estimate of drug-likeness (QED) is 0.903. The second kappa shape index (κ2) is 9.38. The lowest BCUT2D eigenvalue weighted by Crippen LogP contribution is -2.47. The van der Waals surface area contributed by atoms with Crippen LogP contribution in [0, 0.1) is 13.8 Å². The molecule has 1 aliphatic heterocycles. The van der Waals surface area contributed by atoms with Gasteiger partial charge in [-0.3, -0.25) is 9.48 Å². The fourth-order valence-corrected chi connectivity index (χ4v) is 3.01. The van der Waals surface area contributed by atoms with E-state index in [0.717, 1.165) is 31.6 Å². The lowest BCUT2D eigenvalue weighted by atomic mass is 10.0. The third kappa shape index (κ3) is 4.86. The van der Waals surface area contributed by atoms with Crippen LogP contribution < -0.4 is 5.32 Å². The lowest BCUT2D eigenvalue weighted by molar-refractivity contribution is -0.132. The van der Waals surface area contributed by atoms with Crippen LogP contribution in [-0.4, -0.2) is 46.8 Å². The fourth-order valence-electron chi connectivity index (χ4n) is 3.01. The molecule has 0 bridgehead atoms. The summed E-state index contributed by atoms with van der Waals surface area (Å²) in [5.41, 5.74) is 3.44. The number of hydrogen-bond donors (Lipinski definition) is 1. The molecule has 2 heterocycles. The van der Waals surface area contributed by atoms with Gasteiger partial charge in [-0.05, 0) is 45.7 Å². The first-order valence-corrected chi connectivity index (χ1v) is 7.47. The van der Waals surface area contributed by atoms with Crippen LogP contribution in [0.3, 0.4) is 0 Å². The molecule has 7 heteroatoms. The average molecular weight is 351 g/mol. The Balaban J connectivity index is 0.00000220. The summed E-state index contributed by atoms with van der Waals surface area (Å²) in [4.78, 5) is 14.3. The van der Waals surface area contributed by atoms with Gasteiger partial charge >= 0.3 is 0 Å². The van der Waals surface area contributed by atoms with Crippen molar-refractivity contribution in [1.82, 2.24) is 20.0 Å². The topological polar surface area (TPSA) is 50.2 Å². The molecule has 128 valence electrons. The Kier molecular flexibility index (Phi) is 9.05. The van der Waals surface area contributed by atoms with E-state index < -0.39 is 0 Å². The molecule has 0 aliphatic carbocycles. The standard InChI is InChI=1S/C15H26N4O.2ClH/c1-11-14(12(2)18(4)17-11)7-8-15(20)19-9-5-6-13(10-19)16-3;;/h13,16H,5-10H2,1-4H3;2*1H. The minimum absolute atomic E-state index is 0. The minimum Gasteiger partial charge on any atom is -0.341 e. The summed E-state index contributed by atoms with van der Waals surface area (Å²) in [5, 5.41) is 7.69. The van der Waals surface area contributed by atoms with Crippen molar-refractivity contribution in [3.8, 4) is 0 Å². The molecular weight excluding hydrogens is 323 g/mol. The van der Waals surface area contributed by atoms with Crippen molar-refractivity contribution in [1.29, 1.82) is 0 Å². The Morgan fingerprint density at radius 1 is 1.36 bits per heavy atom. The number of carbonyl (C=O) groups excluding carboxylic acids is 1. The van der Waals surface area contributed by atoms with E-state index in [9.17, 15) is 4.79 Å². The van der Waals surface area contributed by atoms with Crippen molar-refractivity contribution in [2.45, 2.75) is 45.6 Å². The molecule has 1 aromatic heterocycles. The van der Waals surface area contributed by atoms with Gasteiger partial charge in [0.1, 0.15) is 0 Å². The smallest absolute Gasteiger partial charge is 0.222 e. The zero-order valence-corrected chi connectivity index (χ0v) is 15.5. The predicted octanol–water partition coefficient (Wildman–Crippen LogP) is 2.02. The highest BCUT2D eigenvalue weighted by molar-refractivity contribution is 5.85. The van der Waals surface area contributed by atoms with Crippen LogP contribution in [0.5, 0.6) is 0 Å². The van der Waals surface area contributed by atoms with E-state index in [0.29, 0.717) is 12.5 Å². The summed E-state index contributed by atoms with van der Waals surface area (Å²) < 4.78 is 1.90. The van der Waals surface area contributed by atoms with E-state index in [2.05, 4.69) is 17.3 Å². The molecule has 1 N–H and O–H groups in total. The first-order valence-electron chi connectivity index (χ1n) is 7.47. The Hall–Kier alpha value is -0.780. The van der Waals surface area contributed by atoms with Crippen molar-refractivity contribution in [3.63, 3.8) is 0 Å². The SMILES string of the molecule is CNC1CCCN(C(=O)CCc2c(C)nn(C)c2C)C1.Cl.Cl. The Bertz CT molecular complexity index is 490. The molecule has 22 heavy (non-hydrogen) atoms. The minimum atomic E-state index is 0. The average Bonchev–Trinajstić information content (AvgIpc) is 2.70. The molecule has 1 fully saturated rings. The normalized spacial score (nSPS) is 17.6. The van der Waals surface area contributed by atoms with Crippen molar-refractivity contribution < 1.29 is 4.79 Å². The molecule has 1 amide bonds. The molecular formula is C15H28Cl2N4O. The number of piperidine rings is 1. The van der Waals surface area contributed by atoms with Crippen LogP contribution >= 0.6 is 24.8 Å². The van der Waals surface area contributed by atoms with Gasteiger partial charge in [0.25, 0.3) is 0 Å². The Labute approximate surface area is 145 Å². The molecule has 0 spiro atoms. The van der Waals surface area contributed by atoms with Gasteiger partial charge in [-0.2, -0.15) is 5.10 Å². The molecule has 1 atom stereocenters. The van der Waals surface area contributed by atoms with Crippen LogP contribution in [-0.2, 0) is 18.3 Å². The number of nitrogens with zero attached hydrogens (tertiary/aromatic N) is 3. The van der Waals surface area contributed by atoms with Gasteiger partial charge in [0.2, 0.25) is 5.91 Å². The van der Waals surface area contributed by atoms with Gasteiger partial charge in [-0.25, -0.2) is 0 Å². The highest BCUT2D eigenvalue weighted by Gasteiger charge is 2.22. The lowest BCUT2D eigenvalue weighted by Gasteiger charge is -2.32. The molecule has 1 aliphatic rings. The van der Waals surface area contributed by atoms with Gasteiger partial charge < -0.3 is 10.2 Å². The number of rotatable bonds is 4. The number of likely N-dealkylation sites (N-methyl/N-ethyl adjacent to an activating group) is 1. The second-order valence-electron chi connectivity index (χ2n) is 5.74. The molecule has 1 unspecified atom stereocenters. The van der Waals surface area contributed by atoms with Gasteiger partial charge in [0.05, 0.1) is 5.69 Å². The largest absolute Gasteiger partial charge is 0.341 e. The van der Waals surface area contributed by atoms with Gasteiger partial charge in [-0.15, -0.1) is 24.8 Å². The van der Waals surface area contributed by atoms with E-state index in [1.54, 1.807) is 0 Å².